The lowest BCUT2D eigenvalue weighted by Crippen LogP contribution is -2.38. The zero-order valence-corrected chi connectivity index (χ0v) is 24.7. The van der Waals surface area contributed by atoms with Gasteiger partial charge in [-0.1, -0.05) is 103 Å². The van der Waals surface area contributed by atoms with Crippen LogP contribution in [0.15, 0.2) is 0 Å². The molecule has 0 aliphatic carbocycles. The van der Waals surface area contributed by atoms with Crippen LogP contribution in [0.25, 0.3) is 0 Å². The summed E-state index contributed by atoms with van der Waals surface area (Å²) < 4.78 is 33.6. The molecule has 1 rings (SSSR count). The quantitative estimate of drug-likeness (QED) is 0.0475. The summed E-state index contributed by atoms with van der Waals surface area (Å²) in [6.45, 7) is 3.89. The summed E-state index contributed by atoms with van der Waals surface area (Å²) in [5.74, 6) is 0. The van der Waals surface area contributed by atoms with Crippen LogP contribution in [0.1, 0.15) is 110 Å². The van der Waals surface area contributed by atoms with E-state index >= 15 is 0 Å². The Labute approximate surface area is 221 Å². The monoisotopic (exact) mass is 538 g/mol. The molecule has 0 bridgehead atoms. The van der Waals surface area contributed by atoms with Gasteiger partial charge in [0.15, 0.2) is 0 Å². The molecule has 0 radical (unpaired) electrons. The molecule has 36 heavy (non-hydrogen) atoms. The molecule has 9 heteroatoms. The molecule has 1 aliphatic heterocycles. The van der Waals surface area contributed by atoms with Crippen LogP contribution in [0, 0.1) is 0 Å². The third-order valence-corrected chi connectivity index (χ3v) is 7.39. The molecule has 1 fully saturated rings. The topological polar surface area (TPSA) is 83.5 Å². The summed E-state index contributed by atoms with van der Waals surface area (Å²) in [6, 6.07) is 0. The van der Waals surface area contributed by atoms with Crippen molar-refractivity contribution in [3.63, 3.8) is 0 Å². The predicted octanol–water partition coefficient (Wildman–Crippen LogP) is 6.80. The molecule has 1 aliphatic rings. The van der Waals surface area contributed by atoms with Crippen molar-refractivity contribution < 1.29 is 37.5 Å². The number of hydrogen-bond donors (Lipinski definition) is 1. The summed E-state index contributed by atoms with van der Waals surface area (Å²) in [5, 5.41) is 0. The average Bonchev–Trinajstić information content (AvgIpc) is 2.81. The molecule has 0 aromatic heterocycles. The van der Waals surface area contributed by atoms with Crippen LogP contribution >= 0.6 is 7.82 Å². The lowest BCUT2D eigenvalue weighted by Gasteiger charge is -2.29. The number of rotatable bonds is 24. The van der Waals surface area contributed by atoms with Crippen molar-refractivity contribution in [2.24, 2.45) is 0 Å². The molecule has 0 aromatic rings. The van der Waals surface area contributed by atoms with E-state index in [4.69, 9.17) is 18.9 Å². The minimum Gasteiger partial charge on any atom is -0.373 e. The molecular formula is C27H57NO7P+. The lowest BCUT2D eigenvalue weighted by atomic mass is 10.0. The van der Waals surface area contributed by atoms with Gasteiger partial charge in [0, 0.05) is 0 Å². The third-order valence-electron chi connectivity index (χ3n) is 6.58. The van der Waals surface area contributed by atoms with Gasteiger partial charge < -0.3 is 18.9 Å². The average molecular weight is 539 g/mol. The van der Waals surface area contributed by atoms with Crippen molar-refractivity contribution in [1.29, 1.82) is 0 Å². The van der Waals surface area contributed by atoms with Crippen molar-refractivity contribution in [2.75, 3.05) is 54.1 Å². The van der Waals surface area contributed by atoms with E-state index in [-0.39, 0.29) is 25.4 Å². The highest BCUT2D eigenvalue weighted by Crippen LogP contribution is 2.43. The van der Waals surface area contributed by atoms with Crippen molar-refractivity contribution in [1.82, 2.24) is 0 Å². The molecule has 0 spiro atoms. The molecule has 0 saturated carbocycles. The molecule has 1 heterocycles. The second-order valence-corrected chi connectivity index (χ2v) is 12.7. The summed E-state index contributed by atoms with van der Waals surface area (Å²) in [5.41, 5.74) is 0. The Morgan fingerprint density at radius 1 is 0.778 bits per heavy atom. The fraction of sp³-hybridized carbons (Fsp3) is 1.00. The fourth-order valence-corrected chi connectivity index (χ4v) is 4.76. The Hall–Kier alpha value is -0.0500. The SMILES string of the molecule is CCCCCCCCCCCCCCCCC[C@@H]1CO[C@@H](COOP(=O)(O)OCC[N+](C)(C)C)CO1. The fourth-order valence-electron chi connectivity index (χ4n) is 4.21. The van der Waals surface area contributed by atoms with Gasteiger partial charge in [-0.05, 0) is 6.42 Å². The molecule has 3 atom stereocenters. The molecule has 8 nitrogen and oxygen atoms in total. The number of phosphoric acid groups is 1. The van der Waals surface area contributed by atoms with Gasteiger partial charge in [-0.15, -0.1) is 4.67 Å². The molecule has 1 N–H and O–H groups in total. The van der Waals surface area contributed by atoms with Gasteiger partial charge in [0.1, 0.15) is 25.9 Å². The van der Waals surface area contributed by atoms with E-state index in [9.17, 15) is 9.46 Å². The first kappa shape index (κ1) is 34.0. The van der Waals surface area contributed by atoms with E-state index in [1.807, 2.05) is 21.1 Å². The second-order valence-electron chi connectivity index (χ2n) is 11.3. The molecule has 0 aromatic carbocycles. The van der Waals surface area contributed by atoms with E-state index in [1.54, 1.807) is 0 Å². The normalized spacial score (nSPS) is 20.5. The number of unbranched alkanes of at least 4 members (excludes halogenated alkanes) is 14. The van der Waals surface area contributed by atoms with Crippen molar-refractivity contribution in [3.05, 3.63) is 0 Å². The standard InChI is InChI=1S/C27H56NO7P/c1-5-6-7-8-9-10-11-12-13-14-15-16-17-18-19-20-26-23-32-27(24-31-26)25-33-35-36(29,30)34-22-21-28(2,3)4/h26-27H,5-25H2,1-4H3/p+1/t26-,27-/m1/s1. The van der Waals surface area contributed by atoms with Gasteiger partial charge in [0.2, 0.25) is 0 Å². The summed E-state index contributed by atoms with van der Waals surface area (Å²) in [6.07, 6.45) is 21.3. The van der Waals surface area contributed by atoms with E-state index in [1.165, 1.54) is 89.9 Å². The first-order valence-electron chi connectivity index (χ1n) is 14.5. The predicted molar refractivity (Wildman–Crippen MR) is 145 cm³/mol. The van der Waals surface area contributed by atoms with Crippen LogP contribution < -0.4 is 0 Å². The van der Waals surface area contributed by atoms with Crippen molar-refractivity contribution in [2.45, 2.75) is 122 Å². The number of nitrogens with zero attached hydrogens (tertiary/aromatic N) is 1. The highest BCUT2D eigenvalue weighted by atomic mass is 31.2. The van der Waals surface area contributed by atoms with Gasteiger partial charge >= 0.3 is 7.82 Å². The van der Waals surface area contributed by atoms with Crippen molar-refractivity contribution >= 4 is 7.82 Å². The Kier molecular flexibility index (Phi) is 19.7. The van der Waals surface area contributed by atoms with Crippen LogP contribution in [0.4, 0.5) is 0 Å². The first-order chi connectivity index (χ1) is 17.2. The van der Waals surface area contributed by atoms with Gasteiger partial charge in [0.05, 0.1) is 40.5 Å². The molecular weight excluding hydrogens is 481 g/mol. The van der Waals surface area contributed by atoms with E-state index < -0.39 is 7.82 Å². The van der Waals surface area contributed by atoms with Crippen LogP contribution in [0.2, 0.25) is 0 Å². The molecule has 216 valence electrons. The first-order valence-corrected chi connectivity index (χ1v) is 16.0. The minimum atomic E-state index is -4.23. The number of likely N-dealkylation sites (N-methyl/N-ethyl adjacent to an activating group) is 1. The number of hydrogen-bond acceptors (Lipinski definition) is 6. The maximum atomic E-state index is 11.8. The second kappa shape index (κ2) is 20.9. The Bertz CT molecular complexity index is 551. The van der Waals surface area contributed by atoms with Gasteiger partial charge in [-0.2, -0.15) is 0 Å². The van der Waals surface area contributed by atoms with Crippen molar-refractivity contribution in [3.8, 4) is 0 Å². The summed E-state index contributed by atoms with van der Waals surface area (Å²) >= 11 is 0. The zero-order chi connectivity index (χ0) is 26.5. The minimum absolute atomic E-state index is 0.0227. The molecule has 1 saturated heterocycles. The number of ether oxygens (including phenoxy) is 2. The lowest BCUT2D eigenvalue weighted by molar-refractivity contribution is -0.870. The van der Waals surface area contributed by atoms with E-state index in [2.05, 4.69) is 11.6 Å². The number of quaternary nitrogens is 1. The maximum Gasteiger partial charge on any atom is 0.499 e. The molecule has 0 amide bonds. The van der Waals surface area contributed by atoms with Crippen LogP contribution in [0.5, 0.6) is 0 Å². The third kappa shape index (κ3) is 20.9. The maximum absolute atomic E-state index is 11.8. The Balaban J connectivity index is 1.88. The van der Waals surface area contributed by atoms with Crippen LogP contribution in [-0.2, 0) is 28.1 Å². The highest BCUT2D eigenvalue weighted by molar-refractivity contribution is 7.47. The highest BCUT2D eigenvalue weighted by Gasteiger charge is 2.27. The van der Waals surface area contributed by atoms with Gasteiger partial charge in [-0.3, -0.25) is 4.52 Å². The Morgan fingerprint density at radius 3 is 1.72 bits per heavy atom. The number of phosphoric ester groups is 1. The van der Waals surface area contributed by atoms with Gasteiger partial charge in [0.25, 0.3) is 0 Å². The van der Waals surface area contributed by atoms with Gasteiger partial charge in [-0.25, -0.2) is 9.45 Å². The van der Waals surface area contributed by atoms with E-state index in [0.717, 1.165) is 12.8 Å². The summed E-state index contributed by atoms with van der Waals surface area (Å²) in [7, 11) is 1.68. The smallest absolute Gasteiger partial charge is 0.373 e. The molecule has 1 unspecified atom stereocenters. The largest absolute Gasteiger partial charge is 0.499 e. The zero-order valence-electron chi connectivity index (χ0n) is 23.8. The Morgan fingerprint density at radius 2 is 1.25 bits per heavy atom. The van der Waals surface area contributed by atoms with Crippen LogP contribution in [0.3, 0.4) is 0 Å². The van der Waals surface area contributed by atoms with E-state index in [0.29, 0.717) is 24.2 Å². The summed E-state index contributed by atoms with van der Waals surface area (Å²) in [4.78, 5) is 14.6. The van der Waals surface area contributed by atoms with Crippen LogP contribution in [-0.4, -0.2) is 75.7 Å².